The lowest BCUT2D eigenvalue weighted by atomic mass is 9.76. The van der Waals surface area contributed by atoms with E-state index in [0.717, 1.165) is 68.6 Å². The maximum atomic E-state index is 13.6. The summed E-state index contributed by atoms with van der Waals surface area (Å²) >= 11 is 3.50. The van der Waals surface area contributed by atoms with Crippen LogP contribution in [0.4, 0.5) is 0 Å². The number of carbonyl (C=O) groups excluding carboxylic acids is 2. The molecule has 6 rings (SSSR count). The number of hydrogen-bond donors (Lipinski definition) is 0. The topological polar surface area (TPSA) is 62.3 Å². The standard InChI is InChI=1S/C36H42BrN3O4.ClH/c1-43-32-13-10-27(20-33(32)44-2)21-34(41)40-24-29(31(25-40)28-6-4-3-5-7-28)23-38-17-14-36(15-18-38)16-19-39(35(36)42)22-26-8-11-30(37)12-9-26;/h3-13,20,29,31H,14-19,21-25H2,1-2H3;1H. The van der Waals surface area contributed by atoms with E-state index in [1.807, 2.05) is 35.2 Å². The second kappa shape index (κ2) is 14.6. The first kappa shape index (κ1) is 33.3. The van der Waals surface area contributed by atoms with Crippen molar-refractivity contribution in [2.75, 3.05) is 53.5 Å². The number of likely N-dealkylation sites (tertiary alicyclic amines) is 3. The molecular weight excluding hydrogens is 654 g/mol. The van der Waals surface area contributed by atoms with Gasteiger partial charge in [0.1, 0.15) is 0 Å². The molecule has 1 spiro atoms. The van der Waals surface area contributed by atoms with Gasteiger partial charge in [0.15, 0.2) is 11.5 Å². The summed E-state index contributed by atoms with van der Waals surface area (Å²) < 4.78 is 11.9. The number of ether oxygens (including phenoxy) is 2. The number of nitrogens with zero attached hydrogens (tertiary/aromatic N) is 3. The average molecular weight is 697 g/mol. The van der Waals surface area contributed by atoms with Crippen LogP contribution in [0.25, 0.3) is 0 Å². The van der Waals surface area contributed by atoms with Crippen LogP contribution in [0.15, 0.2) is 77.3 Å². The lowest BCUT2D eigenvalue weighted by Crippen LogP contribution is -2.46. The number of benzene rings is 3. The molecule has 0 bridgehead atoms. The minimum atomic E-state index is -0.220. The Morgan fingerprint density at radius 3 is 2.22 bits per heavy atom. The highest BCUT2D eigenvalue weighted by Crippen LogP contribution is 2.43. The first-order valence-corrected chi connectivity index (χ1v) is 16.5. The minimum Gasteiger partial charge on any atom is -0.493 e. The van der Waals surface area contributed by atoms with E-state index in [4.69, 9.17) is 9.47 Å². The number of methoxy groups -OCH3 is 2. The second-order valence-corrected chi connectivity index (χ2v) is 13.5. The van der Waals surface area contributed by atoms with Gasteiger partial charge in [0.2, 0.25) is 11.8 Å². The zero-order valence-corrected chi connectivity index (χ0v) is 28.5. The summed E-state index contributed by atoms with van der Waals surface area (Å²) in [4.78, 5) is 33.8. The SMILES string of the molecule is COc1ccc(CC(=O)N2CC(CN3CCC4(CC3)CCN(Cc3ccc(Br)cc3)C4=O)C(c3ccccc3)C2)cc1OC.Cl. The van der Waals surface area contributed by atoms with E-state index in [0.29, 0.717) is 36.3 Å². The third kappa shape index (κ3) is 7.34. The van der Waals surface area contributed by atoms with E-state index in [-0.39, 0.29) is 29.6 Å². The Kier molecular flexibility index (Phi) is 10.8. The quantitative estimate of drug-likeness (QED) is 0.267. The van der Waals surface area contributed by atoms with Gasteiger partial charge in [0.25, 0.3) is 0 Å². The van der Waals surface area contributed by atoms with Crippen molar-refractivity contribution in [2.45, 2.75) is 38.1 Å². The van der Waals surface area contributed by atoms with E-state index < -0.39 is 0 Å². The summed E-state index contributed by atoms with van der Waals surface area (Å²) in [7, 11) is 3.23. The van der Waals surface area contributed by atoms with Crippen LogP contribution >= 0.6 is 28.3 Å². The van der Waals surface area contributed by atoms with E-state index in [2.05, 4.69) is 68.2 Å². The summed E-state index contributed by atoms with van der Waals surface area (Å²) in [5, 5.41) is 0. The molecule has 2 amide bonds. The lowest BCUT2D eigenvalue weighted by molar-refractivity contribution is -0.139. The predicted molar refractivity (Wildman–Crippen MR) is 182 cm³/mol. The fourth-order valence-corrected chi connectivity index (χ4v) is 7.69. The van der Waals surface area contributed by atoms with Crippen molar-refractivity contribution in [3.63, 3.8) is 0 Å². The number of hydrogen-bond acceptors (Lipinski definition) is 5. The van der Waals surface area contributed by atoms with Crippen molar-refractivity contribution in [1.82, 2.24) is 14.7 Å². The van der Waals surface area contributed by atoms with Crippen LogP contribution in [0.3, 0.4) is 0 Å². The monoisotopic (exact) mass is 695 g/mol. The highest BCUT2D eigenvalue weighted by Gasteiger charge is 2.48. The van der Waals surface area contributed by atoms with Gasteiger partial charge in [0.05, 0.1) is 26.1 Å². The molecule has 0 aliphatic carbocycles. The van der Waals surface area contributed by atoms with Crippen LogP contribution < -0.4 is 9.47 Å². The fourth-order valence-electron chi connectivity index (χ4n) is 7.43. The molecule has 9 heteroatoms. The number of halogens is 2. The summed E-state index contributed by atoms with van der Waals surface area (Å²) in [5.74, 6) is 2.40. The predicted octanol–water partition coefficient (Wildman–Crippen LogP) is 6.19. The lowest BCUT2D eigenvalue weighted by Gasteiger charge is -2.39. The molecule has 240 valence electrons. The van der Waals surface area contributed by atoms with Gasteiger partial charge in [-0.15, -0.1) is 12.4 Å². The first-order chi connectivity index (χ1) is 21.4. The second-order valence-electron chi connectivity index (χ2n) is 12.6. The summed E-state index contributed by atoms with van der Waals surface area (Å²) in [6.45, 7) is 5.78. The minimum absolute atomic E-state index is 0. The van der Waals surface area contributed by atoms with Crippen molar-refractivity contribution >= 4 is 40.2 Å². The molecular formula is C36H43BrClN3O4. The highest BCUT2D eigenvalue weighted by atomic mass is 79.9. The molecule has 3 aliphatic rings. The van der Waals surface area contributed by atoms with E-state index >= 15 is 0 Å². The largest absolute Gasteiger partial charge is 0.493 e. The normalized spacial score (nSPS) is 21.2. The Bertz CT molecular complexity index is 1460. The Labute approximate surface area is 281 Å². The van der Waals surface area contributed by atoms with Crippen molar-refractivity contribution in [1.29, 1.82) is 0 Å². The van der Waals surface area contributed by atoms with Gasteiger partial charge >= 0.3 is 0 Å². The van der Waals surface area contributed by atoms with Crippen LogP contribution in [0.5, 0.6) is 11.5 Å². The van der Waals surface area contributed by atoms with Gasteiger partial charge in [-0.25, -0.2) is 0 Å². The Morgan fingerprint density at radius 1 is 0.867 bits per heavy atom. The van der Waals surface area contributed by atoms with Gasteiger partial charge in [0, 0.05) is 43.1 Å². The highest BCUT2D eigenvalue weighted by molar-refractivity contribution is 9.10. The van der Waals surface area contributed by atoms with Crippen molar-refractivity contribution in [3.8, 4) is 11.5 Å². The van der Waals surface area contributed by atoms with Crippen LogP contribution in [-0.2, 0) is 22.6 Å². The van der Waals surface area contributed by atoms with Gasteiger partial charge in [-0.2, -0.15) is 0 Å². The molecule has 3 fully saturated rings. The molecule has 3 aliphatic heterocycles. The molecule has 3 heterocycles. The smallest absolute Gasteiger partial charge is 0.229 e. The van der Waals surface area contributed by atoms with Crippen LogP contribution in [0, 0.1) is 11.3 Å². The number of amides is 2. The molecule has 3 saturated heterocycles. The number of carbonyl (C=O) groups is 2. The maximum absolute atomic E-state index is 13.6. The molecule has 45 heavy (non-hydrogen) atoms. The Hall–Kier alpha value is -3.07. The Morgan fingerprint density at radius 2 is 1.53 bits per heavy atom. The fraction of sp³-hybridized carbons (Fsp3) is 0.444. The molecule has 0 saturated carbocycles. The van der Waals surface area contributed by atoms with Crippen LogP contribution in [0.2, 0.25) is 0 Å². The third-order valence-corrected chi connectivity index (χ3v) is 10.5. The van der Waals surface area contributed by atoms with E-state index in [1.54, 1.807) is 14.2 Å². The van der Waals surface area contributed by atoms with Crippen molar-refractivity contribution in [3.05, 3.63) is 94.0 Å². The average Bonchev–Trinajstić information content (AvgIpc) is 3.61. The molecule has 0 radical (unpaired) electrons. The van der Waals surface area contributed by atoms with Gasteiger partial charge in [-0.1, -0.05) is 64.5 Å². The van der Waals surface area contributed by atoms with Gasteiger partial charge in [-0.3, -0.25) is 9.59 Å². The molecule has 3 aromatic carbocycles. The molecule has 2 atom stereocenters. The van der Waals surface area contributed by atoms with Gasteiger partial charge < -0.3 is 24.2 Å². The van der Waals surface area contributed by atoms with Gasteiger partial charge in [-0.05, 0) is 79.2 Å². The van der Waals surface area contributed by atoms with E-state index in [9.17, 15) is 9.59 Å². The van der Waals surface area contributed by atoms with E-state index in [1.165, 1.54) is 11.1 Å². The zero-order valence-electron chi connectivity index (χ0n) is 26.1. The maximum Gasteiger partial charge on any atom is 0.229 e. The van der Waals surface area contributed by atoms with Crippen LogP contribution in [-0.4, -0.2) is 80.0 Å². The summed E-state index contributed by atoms with van der Waals surface area (Å²) in [6, 6.07) is 24.6. The number of rotatable bonds is 9. The third-order valence-electron chi connectivity index (χ3n) is 10.0. The molecule has 0 N–H and O–H groups in total. The molecule has 2 unspecified atom stereocenters. The van der Waals surface area contributed by atoms with Crippen LogP contribution in [0.1, 0.15) is 41.9 Å². The first-order valence-electron chi connectivity index (χ1n) is 15.7. The molecule has 7 nitrogen and oxygen atoms in total. The molecule has 3 aromatic rings. The van der Waals surface area contributed by atoms with Crippen molar-refractivity contribution < 1.29 is 19.1 Å². The summed E-state index contributed by atoms with van der Waals surface area (Å²) in [6.07, 6.45) is 3.10. The zero-order chi connectivity index (χ0) is 30.7. The molecule has 0 aromatic heterocycles. The summed E-state index contributed by atoms with van der Waals surface area (Å²) in [5.41, 5.74) is 3.17. The number of piperidine rings is 1. The Balaban J connectivity index is 0.00000400. The van der Waals surface area contributed by atoms with Crippen molar-refractivity contribution in [2.24, 2.45) is 11.3 Å².